The lowest BCUT2D eigenvalue weighted by Crippen LogP contribution is -2.23. The van der Waals surface area contributed by atoms with Crippen molar-refractivity contribution < 1.29 is 0 Å². The number of hydrogen-bond donors (Lipinski definition) is 0. The van der Waals surface area contributed by atoms with E-state index in [9.17, 15) is 0 Å². The zero-order valence-electron chi connectivity index (χ0n) is 18.9. The van der Waals surface area contributed by atoms with Gasteiger partial charge in [-0.2, -0.15) is 0 Å². The molecule has 0 spiro atoms. The van der Waals surface area contributed by atoms with Gasteiger partial charge in [0, 0.05) is 25.8 Å². The number of hydrogen-bond acceptors (Lipinski definition) is 6. The van der Waals surface area contributed by atoms with E-state index in [1.165, 1.54) is 11.1 Å². The molecule has 0 radical (unpaired) electrons. The Morgan fingerprint density at radius 2 is 1.06 bits per heavy atom. The van der Waals surface area contributed by atoms with Crippen LogP contribution in [-0.4, -0.2) is 39.9 Å². The summed E-state index contributed by atoms with van der Waals surface area (Å²) in [5, 5.41) is 17.5. The van der Waals surface area contributed by atoms with Crippen LogP contribution in [0.15, 0.2) is 97.5 Å². The Kier molecular flexibility index (Phi) is 6.77. The lowest BCUT2D eigenvalue weighted by atomic mass is 10.2. The van der Waals surface area contributed by atoms with E-state index < -0.39 is 0 Å². The molecule has 0 saturated carbocycles. The third kappa shape index (κ3) is 5.99. The average Bonchev–Trinajstić information content (AvgIpc) is 3.50. The van der Waals surface area contributed by atoms with Crippen molar-refractivity contribution in [1.82, 2.24) is 39.9 Å². The van der Waals surface area contributed by atoms with Gasteiger partial charge in [0.25, 0.3) is 0 Å². The lowest BCUT2D eigenvalue weighted by Gasteiger charge is -2.19. The minimum atomic E-state index is 0.636. The van der Waals surface area contributed by atoms with Crippen LogP contribution in [0.2, 0.25) is 0 Å². The van der Waals surface area contributed by atoms with Gasteiger partial charge >= 0.3 is 0 Å². The topological polar surface area (TPSA) is 77.5 Å². The van der Waals surface area contributed by atoms with Crippen molar-refractivity contribution in [2.24, 2.45) is 0 Å². The van der Waals surface area contributed by atoms with Gasteiger partial charge in [-0.25, -0.2) is 9.36 Å². The summed E-state index contributed by atoms with van der Waals surface area (Å²) in [5.41, 5.74) is 5.20. The van der Waals surface area contributed by atoms with Gasteiger partial charge in [0.1, 0.15) is 0 Å². The number of nitrogens with zero attached hydrogens (tertiary/aromatic N) is 8. The van der Waals surface area contributed by atoms with Gasteiger partial charge in [-0.15, -0.1) is 10.2 Å². The van der Waals surface area contributed by atoms with Crippen LogP contribution in [0, 0.1) is 0 Å². The summed E-state index contributed by atoms with van der Waals surface area (Å²) in [6.07, 6.45) is 5.83. The van der Waals surface area contributed by atoms with E-state index in [4.69, 9.17) is 0 Å². The second-order valence-corrected chi connectivity index (χ2v) is 8.25. The number of rotatable bonds is 10. The quantitative estimate of drug-likeness (QED) is 0.324. The molecule has 2 aromatic carbocycles. The van der Waals surface area contributed by atoms with Crippen LogP contribution in [0.1, 0.15) is 28.2 Å². The average molecular weight is 451 g/mol. The first-order valence-electron chi connectivity index (χ1n) is 11.3. The molecule has 3 aromatic heterocycles. The highest BCUT2D eigenvalue weighted by Gasteiger charge is 2.14. The summed E-state index contributed by atoms with van der Waals surface area (Å²) in [5.74, 6) is 0. The van der Waals surface area contributed by atoms with Crippen molar-refractivity contribution in [3.8, 4) is 0 Å². The maximum Gasteiger partial charge on any atom is 0.0967 e. The van der Waals surface area contributed by atoms with Crippen LogP contribution in [0.25, 0.3) is 0 Å². The first kappa shape index (κ1) is 21.7. The molecule has 34 heavy (non-hydrogen) atoms. The number of aromatic nitrogens is 7. The molecular formula is C26H26N8. The molecule has 0 amide bonds. The fourth-order valence-corrected chi connectivity index (χ4v) is 3.86. The maximum absolute atomic E-state index is 4.50. The van der Waals surface area contributed by atoms with Gasteiger partial charge in [0.05, 0.1) is 42.6 Å². The largest absolute Gasteiger partial charge is 0.286 e. The Balaban J connectivity index is 1.28. The molecule has 0 atom stereocenters. The molecule has 8 heteroatoms. The van der Waals surface area contributed by atoms with Crippen molar-refractivity contribution in [3.05, 3.63) is 126 Å². The van der Waals surface area contributed by atoms with Crippen molar-refractivity contribution in [1.29, 1.82) is 0 Å². The predicted octanol–water partition coefficient (Wildman–Crippen LogP) is 3.56. The molecule has 0 saturated heterocycles. The normalized spacial score (nSPS) is 11.2. The zero-order valence-corrected chi connectivity index (χ0v) is 18.9. The Labute approximate surface area is 198 Å². The van der Waals surface area contributed by atoms with E-state index in [2.05, 4.69) is 54.8 Å². The second kappa shape index (κ2) is 10.6. The van der Waals surface area contributed by atoms with E-state index in [1.807, 2.05) is 82.6 Å². The van der Waals surface area contributed by atoms with Crippen LogP contribution in [0.5, 0.6) is 0 Å². The summed E-state index contributed by atoms with van der Waals surface area (Å²) in [4.78, 5) is 6.76. The summed E-state index contributed by atoms with van der Waals surface area (Å²) < 4.78 is 3.75. The number of benzene rings is 2. The van der Waals surface area contributed by atoms with Crippen molar-refractivity contribution in [2.45, 2.75) is 32.7 Å². The Morgan fingerprint density at radius 1 is 0.559 bits per heavy atom. The van der Waals surface area contributed by atoms with Crippen LogP contribution in [-0.2, 0) is 32.7 Å². The molecule has 0 aliphatic carbocycles. The van der Waals surface area contributed by atoms with Gasteiger partial charge < -0.3 is 0 Å². The van der Waals surface area contributed by atoms with E-state index >= 15 is 0 Å². The van der Waals surface area contributed by atoms with Crippen LogP contribution < -0.4 is 0 Å². The van der Waals surface area contributed by atoms with E-state index in [1.54, 1.807) is 0 Å². The number of pyridine rings is 1. The first-order valence-corrected chi connectivity index (χ1v) is 11.3. The highest BCUT2D eigenvalue weighted by Crippen LogP contribution is 2.12. The summed E-state index contributed by atoms with van der Waals surface area (Å²) >= 11 is 0. The Morgan fingerprint density at radius 3 is 1.56 bits per heavy atom. The smallest absolute Gasteiger partial charge is 0.0967 e. The third-order valence-corrected chi connectivity index (χ3v) is 5.43. The van der Waals surface area contributed by atoms with E-state index in [-0.39, 0.29) is 0 Å². The van der Waals surface area contributed by atoms with Crippen molar-refractivity contribution in [3.63, 3.8) is 0 Å². The van der Waals surface area contributed by atoms with Gasteiger partial charge in [-0.05, 0) is 23.3 Å². The SMILES string of the molecule is c1ccc(Cn2cc(CN(Cc3ccccn3)Cc3cn(Cc4ccccc4)nn3)nn2)cc1. The summed E-state index contributed by atoms with van der Waals surface area (Å²) in [7, 11) is 0. The molecule has 0 fully saturated rings. The van der Waals surface area contributed by atoms with Crippen molar-refractivity contribution in [2.75, 3.05) is 0 Å². The molecule has 3 heterocycles. The predicted molar refractivity (Wildman–Crippen MR) is 128 cm³/mol. The van der Waals surface area contributed by atoms with Gasteiger partial charge in [0.15, 0.2) is 0 Å². The fourth-order valence-electron chi connectivity index (χ4n) is 3.86. The monoisotopic (exact) mass is 450 g/mol. The standard InChI is InChI=1S/C26H26N8/c1-3-9-22(10-4-1)15-33-20-25(28-30-33)18-32(17-24-13-7-8-14-27-24)19-26-21-34(31-29-26)16-23-11-5-2-6-12-23/h1-14,20-21H,15-19H2. The molecule has 0 bridgehead atoms. The van der Waals surface area contributed by atoms with Gasteiger partial charge in [0.2, 0.25) is 0 Å². The first-order chi connectivity index (χ1) is 16.8. The lowest BCUT2D eigenvalue weighted by molar-refractivity contribution is 0.238. The molecule has 170 valence electrons. The minimum absolute atomic E-state index is 0.636. The molecule has 5 aromatic rings. The molecule has 0 unspecified atom stereocenters. The molecule has 0 aliphatic rings. The Hall–Kier alpha value is -4.17. The van der Waals surface area contributed by atoms with Crippen LogP contribution >= 0.6 is 0 Å². The molecule has 0 aliphatic heterocycles. The van der Waals surface area contributed by atoms with Gasteiger partial charge in [-0.3, -0.25) is 9.88 Å². The maximum atomic E-state index is 4.50. The fraction of sp³-hybridized carbons (Fsp3) is 0.192. The summed E-state index contributed by atoms with van der Waals surface area (Å²) in [6, 6.07) is 26.5. The third-order valence-electron chi connectivity index (χ3n) is 5.43. The van der Waals surface area contributed by atoms with Crippen molar-refractivity contribution >= 4 is 0 Å². The molecular weight excluding hydrogens is 424 g/mol. The van der Waals surface area contributed by atoms with Gasteiger partial charge in [-0.1, -0.05) is 77.2 Å². The highest BCUT2D eigenvalue weighted by molar-refractivity contribution is 5.16. The molecule has 0 N–H and O–H groups in total. The van der Waals surface area contributed by atoms with Crippen LogP contribution in [0.4, 0.5) is 0 Å². The highest BCUT2D eigenvalue weighted by atomic mass is 15.4. The van der Waals surface area contributed by atoms with Crippen LogP contribution in [0.3, 0.4) is 0 Å². The summed E-state index contributed by atoms with van der Waals surface area (Å²) in [6.45, 7) is 3.34. The molecule has 8 nitrogen and oxygen atoms in total. The Bertz CT molecular complexity index is 1200. The zero-order chi connectivity index (χ0) is 23.0. The second-order valence-electron chi connectivity index (χ2n) is 8.25. The molecule has 5 rings (SSSR count). The van der Waals surface area contributed by atoms with E-state index in [0.717, 1.165) is 17.1 Å². The van der Waals surface area contributed by atoms with E-state index in [0.29, 0.717) is 32.7 Å². The minimum Gasteiger partial charge on any atom is -0.286 e.